The van der Waals surface area contributed by atoms with E-state index in [1.165, 1.54) is 0 Å². The second kappa shape index (κ2) is 3.28. The molecule has 0 spiro atoms. The first kappa shape index (κ1) is 9.28. The minimum absolute atomic E-state index is 0.185. The van der Waals surface area contributed by atoms with Crippen molar-refractivity contribution in [3.8, 4) is 0 Å². The third-order valence-corrected chi connectivity index (χ3v) is 1.49. The monoisotopic (exact) mass is 184 g/mol. The lowest BCUT2D eigenvalue weighted by Gasteiger charge is -2.21. The summed E-state index contributed by atoms with van der Waals surface area (Å²) in [6.07, 6.45) is -3.09. The number of halogens is 4. The van der Waals surface area contributed by atoms with Crippen molar-refractivity contribution in [1.82, 2.24) is 5.32 Å². The zero-order chi connectivity index (χ0) is 9.19. The molecule has 1 aliphatic heterocycles. The Morgan fingerprint density at radius 2 is 2.08 bits per heavy atom. The van der Waals surface area contributed by atoms with Crippen molar-refractivity contribution in [2.24, 2.45) is 4.99 Å². The van der Waals surface area contributed by atoms with E-state index in [1.54, 1.807) is 0 Å². The van der Waals surface area contributed by atoms with Crippen LogP contribution in [0, 0.1) is 0 Å². The van der Waals surface area contributed by atoms with Crippen LogP contribution in [0.1, 0.15) is 6.42 Å². The highest BCUT2D eigenvalue weighted by atomic mass is 19.3. The predicted molar refractivity (Wildman–Crippen MR) is 35.9 cm³/mol. The molecule has 0 amide bonds. The van der Waals surface area contributed by atoms with Gasteiger partial charge < -0.3 is 5.32 Å². The molecule has 0 aliphatic carbocycles. The topological polar surface area (TPSA) is 24.4 Å². The summed E-state index contributed by atoms with van der Waals surface area (Å²) in [6.45, 7) is 0.464. The van der Waals surface area contributed by atoms with Crippen LogP contribution < -0.4 is 5.32 Å². The van der Waals surface area contributed by atoms with Gasteiger partial charge >= 0.3 is 12.3 Å². The standard InChI is InChI=1S/C6H8F4N2/c7-4(8)6(9,10)5-11-2-1-3-12-5/h4H,1-3H2,(H,11,12). The number of alkyl halides is 4. The van der Waals surface area contributed by atoms with Crippen LogP contribution in [0.3, 0.4) is 0 Å². The van der Waals surface area contributed by atoms with E-state index in [9.17, 15) is 17.6 Å². The van der Waals surface area contributed by atoms with Gasteiger partial charge in [-0.3, -0.25) is 4.99 Å². The van der Waals surface area contributed by atoms with Gasteiger partial charge in [-0.25, -0.2) is 8.78 Å². The molecular formula is C6H8F4N2. The van der Waals surface area contributed by atoms with Gasteiger partial charge in [-0.15, -0.1) is 0 Å². The number of hydrogen-bond donors (Lipinski definition) is 1. The second-order valence-electron chi connectivity index (χ2n) is 2.43. The summed E-state index contributed by atoms with van der Waals surface area (Å²) in [5, 5.41) is 2.16. The molecule has 6 heteroatoms. The number of hydrogen-bond acceptors (Lipinski definition) is 2. The van der Waals surface area contributed by atoms with Gasteiger partial charge in [0.2, 0.25) is 0 Å². The first-order valence-corrected chi connectivity index (χ1v) is 3.50. The number of amidine groups is 1. The van der Waals surface area contributed by atoms with Crippen LogP contribution in [-0.4, -0.2) is 31.3 Å². The molecule has 1 aliphatic rings. The molecule has 0 saturated heterocycles. The average molecular weight is 184 g/mol. The van der Waals surface area contributed by atoms with Crippen LogP contribution in [0.5, 0.6) is 0 Å². The maximum atomic E-state index is 12.5. The molecule has 1 heterocycles. The molecule has 0 aromatic carbocycles. The number of nitrogens with one attached hydrogen (secondary N) is 1. The van der Waals surface area contributed by atoms with Gasteiger partial charge in [0.05, 0.1) is 0 Å². The Kier molecular flexibility index (Phi) is 2.54. The van der Waals surface area contributed by atoms with Crippen molar-refractivity contribution >= 4 is 5.84 Å². The molecular weight excluding hydrogens is 176 g/mol. The maximum Gasteiger partial charge on any atom is 0.363 e. The molecule has 0 saturated carbocycles. The average Bonchev–Trinajstić information content (AvgIpc) is 2.06. The molecule has 70 valence electrons. The molecule has 1 rings (SSSR count). The van der Waals surface area contributed by atoms with E-state index in [2.05, 4.69) is 10.3 Å². The maximum absolute atomic E-state index is 12.5. The van der Waals surface area contributed by atoms with Crippen LogP contribution in [0.2, 0.25) is 0 Å². The summed E-state index contributed by atoms with van der Waals surface area (Å²) in [5.41, 5.74) is 0. The lowest BCUT2D eigenvalue weighted by Crippen LogP contribution is -2.47. The molecule has 0 radical (unpaired) electrons. The fourth-order valence-corrected chi connectivity index (χ4v) is 0.859. The lowest BCUT2D eigenvalue weighted by molar-refractivity contribution is -0.0776. The summed E-state index contributed by atoms with van der Waals surface area (Å²) in [4.78, 5) is 3.30. The summed E-state index contributed by atoms with van der Waals surface area (Å²) in [5.74, 6) is -5.01. The Morgan fingerprint density at radius 3 is 2.50 bits per heavy atom. The number of rotatable bonds is 2. The Hall–Kier alpha value is -0.810. The summed E-state index contributed by atoms with van der Waals surface area (Å²) >= 11 is 0. The van der Waals surface area contributed by atoms with Crippen LogP contribution in [0.15, 0.2) is 4.99 Å². The Balaban J connectivity index is 2.72. The zero-order valence-corrected chi connectivity index (χ0v) is 6.16. The fourth-order valence-electron chi connectivity index (χ4n) is 0.859. The first-order valence-electron chi connectivity index (χ1n) is 3.50. The molecule has 2 nitrogen and oxygen atoms in total. The van der Waals surface area contributed by atoms with Crippen molar-refractivity contribution in [2.45, 2.75) is 18.8 Å². The van der Waals surface area contributed by atoms with Gasteiger partial charge in [0.1, 0.15) is 0 Å². The van der Waals surface area contributed by atoms with Gasteiger partial charge in [0.25, 0.3) is 0 Å². The van der Waals surface area contributed by atoms with E-state index >= 15 is 0 Å². The van der Waals surface area contributed by atoms with Crippen molar-refractivity contribution < 1.29 is 17.6 Å². The highest BCUT2D eigenvalue weighted by molar-refractivity contribution is 5.89. The molecule has 0 aromatic heterocycles. The van der Waals surface area contributed by atoms with E-state index in [0.717, 1.165) is 0 Å². The van der Waals surface area contributed by atoms with Crippen LogP contribution in [0.4, 0.5) is 17.6 Å². The molecule has 1 N–H and O–H groups in total. The highest BCUT2D eigenvalue weighted by Gasteiger charge is 2.46. The van der Waals surface area contributed by atoms with Gasteiger partial charge in [0, 0.05) is 13.1 Å². The zero-order valence-electron chi connectivity index (χ0n) is 6.16. The smallest absolute Gasteiger partial charge is 0.363 e. The minimum atomic E-state index is -4.12. The van der Waals surface area contributed by atoms with E-state index in [0.29, 0.717) is 6.42 Å². The Bertz CT molecular complexity index is 190. The Labute approximate surface area is 66.7 Å². The second-order valence-corrected chi connectivity index (χ2v) is 2.43. The molecule has 0 fully saturated rings. The number of aliphatic imine (C=N–C) groups is 1. The minimum Gasteiger partial charge on any atom is -0.369 e. The summed E-state index contributed by atoms with van der Waals surface area (Å²) in [6, 6.07) is 0. The highest BCUT2D eigenvalue weighted by Crippen LogP contribution is 2.24. The first-order chi connectivity index (χ1) is 5.55. The van der Waals surface area contributed by atoms with E-state index in [1.807, 2.05) is 0 Å². The fraction of sp³-hybridized carbons (Fsp3) is 0.833. The van der Waals surface area contributed by atoms with Gasteiger partial charge in [-0.1, -0.05) is 0 Å². The van der Waals surface area contributed by atoms with Crippen molar-refractivity contribution in [3.05, 3.63) is 0 Å². The molecule has 0 atom stereocenters. The summed E-state index contributed by atoms with van der Waals surface area (Å²) in [7, 11) is 0. The largest absolute Gasteiger partial charge is 0.369 e. The normalized spacial score (nSPS) is 18.9. The van der Waals surface area contributed by atoms with Gasteiger partial charge in [-0.2, -0.15) is 8.78 Å². The van der Waals surface area contributed by atoms with Crippen LogP contribution in [-0.2, 0) is 0 Å². The van der Waals surface area contributed by atoms with Crippen molar-refractivity contribution in [3.63, 3.8) is 0 Å². The van der Waals surface area contributed by atoms with E-state index in [4.69, 9.17) is 0 Å². The van der Waals surface area contributed by atoms with Crippen molar-refractivity contribution in [1.29, 1.82) is 0 Å². The molecule has 0 bridgehead atoms. The molecule has 0 unspecified atom stereocenters. The van der Waals surface area contributed by atoms with E-state index in [-0.39, 0.29) is 13.1 Å². The van der Waals surface area contributed by atoms with Crippen molar-refractivity contribution in [2.75, 3.05) is 13.1 Å². The van der Waals surface area contributed by atoms with Crippen LogP contribution >= 0.6 is 0 Å². The molecule has 12 heavy (non-hydrogen) atoms. The predicted octanol–water partition coefficient (Wildman–Crippen LogP) is 1.28. The quantitative estimate of drug-likeness (QED) is 0.642. The van der Waals surface area contributed by atoms with Crippen LogP contribution in [0.25, 0.3) is 0 Å². The van der Waals surface area contributed by atoms with E-state index < -0.39 is 18.2 Å². The third-order valence-electron chi connectivity index (χ3n) is 1.49. The SMILES string of the molecule is FC(F)C(F)(F)C1=NCCCN1. The lowest BCUT2D eigenvalue weighted by atomic mass is 10.2. The van der Waals surface area contributed by atoms with Gasteiger partial charge in [-0.05, 0) is 6.42 Å². The number of nitrogens with zero attached hydrogens (tertiary/aromatic N) is 1. The Morgan fingerprint density at radius 1 is 1.42 bits per heavy atom. The summed E-state index contributed by atoms with van der Waals surface area (Å²) < 4.78 is 48.4. The third kappa shape index (κ3) is 1.67. The molecule has 0 aromatic rings. The van der Waals surface area contributed by atoms with Gasteiger partial charge in [0.15, 0.2) is 5.84 Å².